The van der Waals surface area contributed by atoms with Gasteiger partial charge in [0.2, 0.25) is 0 Å². The van der Waals surface area contributed by atoms with Gasteiger partial charge in [-0.05, 0) is 23.8 Å². The molecule has 2 rings (SSSR count). The fourth-order valence-corrected chi connectivity index (χ4v) is 2.20. The first-order valence-electron chi connectivity index (χ1n) is 6.11. The zero-order valence-corrected chi connectivity index (χ0v) is 12.5. The number of rotatable bonds is 5. The minimum Gasteiger partial charge on any atom is -0.489 e. The fourth-order valence-electron chi connectivity index (χ4n) is 1.72. The van der Waals surface area contributed by atoms with Crippen molar-refractivity contribution in [2.45, 2.75) is 13.0 Å². The molecule has 2 aromatic rings. The van der Waals surface area contributed by atoms with E-state index < -0.39 is 4.92 Å². The average Bonchev–Trinajstić information content (AvgIpc) is 2.47. The highest BCUT2D eigenvalue weighted by atomic mass is 79.9. The number of nitro benzene ring substituents is 1. The number of non-ortho nitro benzene ring substituents is 1. The van der Waals surface area contributed by atoms with Crippen LogP contribution >= 0.6 is 15.9 Å². The lowest BCUT2D eigenvalue weighted by Gasteiger charge is -2.08. The van der Waals surface area contributed by atoms with E-state index in [0.29, 0.717) is 23.2 Å². The van der Waals surface area contributed by atoms with Gasteiger partial charge in [-0.3, -0.25) is 10.1 Å². The van der Waals surface area contributed by atoms with E-state index in [1.165, 1.54) is 12.1 Å². The van der Waals surface area contributed by atoms with Gasteiger partial charge in [0.05, 0.1) is 17.4 Å². The van der Waals surface area contributed by atoms with Crippen LogP contribution in [0.1, 0.15) is 11.1 Å². The molecule has 0 aromatic heterocycles. The summed E-state index contributed by atoms with van der Waals surface area (Å²) < 4.78 is 6.26. The van der Waals surface area contributed by atoms with E-state index in [1.54, 1.807) is 18.2 Å². The zero-order chi connectivity index (χ0) is 15.2. The van der Waals surface area contributed by atoms with Crippen molar-refractivity contribution >= 4 is 21.6 Å². The molecule has 106 valence electrons. The van der Waals surface area contributed by atoms with Crippen LogP contribution in [0.15, 0.2) is 46.9 Å². The first kappa shape index (κ1) is 15.0. The van der Waals surface area contributed by atoms with Crippen molar-refractivity contribution in [1.82, 2.24) is 0 Å². The molecule has 0 unspecified atom stereocenters. The van der Waals surface area contributed by atoms with Gasteiger partial charge < -0.3 is 4.74 Å². The monoisotopic (exact) mass is 346 g/mol. The molecule has 5 nitrogen and oxygen atoms in total. The second kappa shape index (κ2) is 6.86. The molecule has 0 amide bonds. The van der Waals surface area contributed by atoms with Crippen LogP contribution in [0.4, 0.5) is 5.69 Å². The molecule has 0 N–H and O–H groups in total. The van der Waals surface area contributed by atoms with E-state index in [0.717, 1.165) is 11.1 Å². The van der Waals surface area contributed by atoms with Crippen LogP contribution in [0, 0.1) is 21.4 Å². The first-order chi connectivity index (χ1) is 10.1. The molecule has 0 fully saturated rings. The van der Waals surface area contributed by atoms with Crippen LogP contribution in [0.2, 0.25) is 0 Å². The number of halogens is 1. The van der Waals surface area contributed by atoms with Gasteiger partial charge in [-0.25, -0.2) is 0 Å². The summed E-state index contributed by atoms with van der Waals surface area (Å²) in [6, 6.07) is 13.9. The Kier molecular flexibility index (Phi) is 4.90. The Hall–Kier alpha value is -2.39. The lowest BCUT2D eigenvalue weighted by Crippen LogP contribution is -1.97. The van der Waals surface area contributed by atoms with Gasteiger partial charge in [-0.1, -0.05) is 28.1 Å². The van der Waals surface area contributed by atoms with Crippen molar-refractivity contribution in [3.8, 4) is 11.8 Å². The Morgan fingerprint density at radius 2 is 1.95 bits per heavy atom. The molecule has 6 heteroatoms. The normalized spacial score (nSPS) is 9.90. The van der Waals surface area contributed by atoms with Crippen LogP contribution in [0.25, 0.3) is 0 Å². The molecule has 0 heterocycles. The largest absolute Gasteiger partial charge is 0.489 e. The number of benzene rings is 2. The predicted molar refractivity (Wildman–Crippen MR) is 80.9 cm³/mol. The Morgan fingerprint density at radius 1 is 1.24 bits per heavy atom. The van der Waals surface area contributed by atoms with Gasteiger partial charge in [-0.2, -0.15) is 5.26 Å². The van der Waals surface area contributed by atoms with Gasteiger partial charge >= 0.3 is 0 Å². The van der Waals surface area contributed by atoms with Crippen LogP contribution in [0.5, 0.6) is 5.75 Å². The summed E-state index contributed by atoms with van der Waals surface area (Å²) >= 11 is 3.30. The summed E-state index contributed by atoms with van der Waals surface area (Å²) in [4.78, 5) is 10.2. The van der Waals surface area contributed by atoms with Crippen molar-refractivity contribution in [1.29, 1.82) is 5.26 Å². The third-order valence-corrected chi connectivity index (χ3v) is 3.59. The zero-order valence-electron chi connectivity index (χ0n) is 11.0. The lowest BCUT2D eigenvalue weighted by molar-refractivity contribution is -0.384. The van der Waals surface area contributed by atoms with E-state index in [2.05, 4.69) is 22.0 Å². The maximum atomic E-state index is 10.7. The molecule has 0 aliphatic carbocycles. The lowest BCUT2D eigenvalue weighted by atomic mass is 10.1. The van der Waals surface area contributed by atoms with Gasteiger partial charge in [0.1, 0.15) is 12.4 Å². The molecule has 0 aliphatic heterocycles. The molecular formula is C15H11BrN2O3. The van der Waals surface area contributed by atoms with Crippen molar-refractivity contribution in [2.75, 3.05) is 0 Å². The Balaban J connectivity index is 2.03. The Bertz CT molecular complexity index is 693. The van der Waals surface area contributed by atoms with E-state index in [4.69, 9.17) is 10.00 Å². The average molecular weight is 347 g/mol. The molecule has 0 bridgehead atoms. The van der Waals surface area contributed by atoms with E-state index in [1.807, 2.05) is 12.1 Å². The molecule has 21 heavy (non-hydrogen) atoms. The van der Waals surface area contributed by atoms with Crippen LogP contribution in [0.3, 0.4) is 0 Å². The molecule has 0 saturated carbocycles. The van der Waals surface area contributed by atoms with Crippen LogP contribution in [-0.2, 0) is 13.0 Å². The van der Waals surface area contributed by atoms with Gasteiger partial charge in [0.15, 0.2) is 0 Å². The minimum absolute atomic E-state index is 0.0338. The molecular weight excluding hydrogens is 336 g/mol. The number of hydrogen-bond acceptors (Lipinski definition) is 4. The number of nitrogens with zero attached hydrogens (tertiary/aromatic N) is 2. The first-order valence-corrected chi connectivity index (χ1v) is 6.91. The highest BCUT2D eigenvalue weighted by molar-refractivity contribution is 9.10. The summed E-state index contributed by atoms with van der Waals surface area (Å²) in [7, 11) is 0. The summed E-state index contributed by atoms with van der Waals surface area (Å²) in [5, 5.41) is 19.3. The predicted octanol–water partition coefficient (Wildman–Crippen LogP) is 4.00. The maximum absolute atomic E-state index is 10.7. The Labute approximate surface area is 130 Å². The van der Waals surface area contributed by atoms with Gasteiger partial charge in [0.25, 0.3) is 5.69 Å². The second-order valence-electron chi connectivity index (χ2n) is 4.30. The van der Waals surface area contributed by atoms with Crippen molar-refractivity contribution in [3.63, 3.8) is 0 Å². The van der Waals surface area contributed by atoms with Crippen molar-refractivity contribution < 1.29 is 9.66 Å². The summed E-state index contributed by atoms with van der Waals surface area (Å²) in [6.45, 7) is 0.302. The maximum Gasteiger partial charge on any atom is 0.270 e. The number of ether oxygens (including phenoxy) is 1. The molecule has 0 radical (unpaired) electrons. The van der Waals surface area contributed by atoms with E-state index in [-0.39, 0.29) is 5.69 Å². The van der Waals surface area contributed by atoms with Gasteiger partial charge in [-0.15, -0.1) is 0 Å². The summed E-state index contributed by atoms with van der Waals surface area (Å²) in [6.07, 6.45) is 0.369. The Morgan fingerprint density at radius 3 is 2.52 bits per heavy atom. The van der Waals surface area contributed by atoms with Crippen LogP contribution in [-0.4, -0.2) is 4.92 Å². The fraction of sp³-hybridized carbons (Fsp3) is 0.133. The standard InChI is InChI=1S/C15H11BrN2O3/c16-15-9-13(18(19)20)4-3-12(15)10-21-14-5-1-11(2-6-14)7-8-17/h1-6,9H,7,10H2. The number of nitriles is 1. The molecule has 2 aromatic carbocycles. The molecule has 0 atom stereocenters. The quantitative estimate of drug-likeness (QED) is 0.605. The topological polar surface area (TPSA) is 76.2 Å². The highest BCUT2D eigenvalue weighted by Crippen LogP contribution is 2.24. The SMILES string of the molecule is N#CCc1ccc(OCc2ccc([N+](=O)[O-])cc2Br)cc1. The second-order valence-corrected chi connectivity index (χ2v) is 5.15. The molecule has 0 aliphatic rings. The molecule has 0 saturated heterocycles. The summed E-state index contributed by atoms with van der Waals surface area (Å²) in [5.41, 5.74) is 1.79. The van der Waals surface area contributed by atoms with Crippen molar-refractivity contribution in [3.05, 3.63) is 68.2 Å². The number of hydrogen-bond donors (Lipinski definition) is 0. The van der Waals surface area contributed by atoms with Crippen LogP contribution < -0.4 is 4.74 Å². The number of nitro groups is 1. The van der Waals surface area contributed by atoms with Crippen molar-refractivity contribution in [2.24, 2.45) is 0 Å². The van der Waals surface area contributed by atoms with E-state index >= 15 is 0 Å². The minimum atomic E-state index is -0.441. The third-order valence-electron chi connectivity index (χ3n) is 2.85. The van der Waals surface area contributed by atoms with E-state index in [9.17, 15) is 10.1 Å². The molecule has 0 spiro atoms. The smallest absolute Gasteiger partial charge is 0.270 e. The highest BCUT2D eigenvalue weighted by Gasteiger charge is 2.09. The summed E-state index contributed by atoms with van der Waals surface area (Å²) in [5.74, 6) is 0.682. The van der Waals surface area contributed by atoms with Gasteiger partial charge in [0, 0.05) is 22.2 Å². The third kappa shape index (κ3) is 4.04.